The molecule has 0 fully saturated rings. The van der Waals surface area contributed by atoms with E-state index in [2.05, 4.69) is 23.6 Å². The lowest BCUT2D eigenvalue weighted by Crippen LogP contribution is -2.34. The van der Waals surface area contributed by atoms with E-state index in [0.717, 1.165) is 41.4 Å². The van der Waals surface area contributed by atoms with Crippen LogP contribution in [-0.2, 0) is 21.4 Å². The molecular formula is C28H35N5O4S. The van der Waals surface area contributed by atoms with E-state index in [1.54, 1.807) is 4.90 Å². The summed E-state index contributed by atoms with van der Waals surface area (Å²) < 4.78 is 25.1. The summed E-state index contributed by atoms with van der Waals surface area (Å²) in [6.07, 6.45) is 5.08. The SMILES string of the molecule is CCCN(CCC)C(=O)C1=Cc2ccc(-c3ccc4c(c3)CN(CCNS(C)(=O)=O)C4=O)cc2N=C(N)C1. The Bertz CT molecular complexity index is 1410. The molecule has 2 aliphatic heterocycles. The number of aliphatic imine (C=N–C) groups is 1. The molecule has 0 aromatic heterocycles. The van der Waals surface area contributed by atoms with Crippen LogP contribution >= 0.6 is 0 Å². The van der Waals surface area contributed by atoms with E-state index in [-0.39, 0.29) is 18.4 Å². The molecule has 2 amide bonds. The topological polar surface area (TPSA) is 125 Å². The van der Waals surface area contributed by atoms with Crippen molar-refractivity contribution < 1.29 is 18.0 Å². The number of sulfonamides is 1. The minimum Gasteiger partial charge on any atom is -0.387 e. The van der Waals surface area contributed by atoms with Crippen LogP contribution in [0.15, 0.2) is 47.0 Å². The minimum absolute atomic E-state index is 0.00311. The van der Waals surface area contributed by atoms with Gasteiger partial charge in [-0.05, 0) is 53.8 Å². The number of hydrogen-bond acceptors (Lipinski definition) is 6. The van der Waals surface area contributed by atoms with E-state index in [1.165, 1.54) is 0 Å². The van der Waals surface area contributed by atoms with E-state index in [4.69, 9.17) is 5.73 Å². The second-order valence-corrected chi connectivity index (χ2v) is 11.6. The van der Waals surface area contributed by atoms with Gasteiger partial charge in [-0.3, -0.25) is 9.59 Å². The zero-order valence-electron chi connectivity index (χ0n) is 22.2. The third kappa shape index (κ3) is 6.31. The average molecular weight is 538 g/mol. The van der Waals surface area contributed by atoms with Crippen LogP contribution in [0.1, 0.15) is 54.6 Å². The maximum absolute atomic E-state index is 13.2. The Morgan fingerprint density at radius 3 is 2.47 bits per heavy atom. The number of carbonyl (C=O) groups is 2. The predicted molar refractivity (Wildman–Crippen MR) is 151 cm³/mol. The predicted octanol–water partition coefficient (Wildman–Crippen LogP) is 3.28. The molecule has 0 atom stereocenters. The zero-order valence-corrected chi connectivity index (χ0v) is 23.0. The van der Waals surface area contributed by atoms with Gasteiger partial charge in [-0.15, -0.1) is 0 Å². The summed E-state index contributed by atoms with van der Waals surface area (Å²) in [6.45, 7) is 6.42. The largest absolute Gasteiger partial charge is 0.387 e. The van der Waals surface area contributed by atoms with Gasteiger partial charge in [0, 0.05) is 55.8 Å². The summed E-state index contributed by atoms with van der Waals surface area (Å²) in [5.41, 5.74) is 11.8. The molecule has 202 valence electrons. The Hall–Kier alpha value is -3.50. The molecule has 0 aliphatic carbocycles. The number of nitrogens with two attached hydrogens (primary N) is 1. The lowest BCUT2D eigenvalue weighted by molar-refractivity contribution is -0.127. The molecule has 2 aliphatic rings. The molecule has 0 radical (unpaired) electrons. The first-order valence-corrected chi connectivity index (χ1v) is 14.8. The number of benzene rings is 2. The average Bonchev–Trinajstić information content (AvgIpc) is 3.06. The molecule has 0 saturated heterocycles. The Balaban J connectivity index is 1.57. The smallest absolute Gasteiger partial charge is 0.254 e. The summed E-state index contributed by atoms with van der Waals surface area (Å²) in [5.74, 6) is 0.290. The molecule has 0 saturated carbocycles. The van der Waals surface area contributed by atoms with Crippen molar-refractivity contribution in [1.29, 1.82) is 0 Å². The third-order valence-corrected chi connectivity index (χ3v) is 7.34. The first kappa shape index (κ1) is 27.5. The zero-order chi connectivity index (χ0) is 27.4. The van der Waals surface area contributed by atoms with Crippen LogP contribution in [0.4, 0.5) is 5.69 Å². The molecule has 0 unspecified atom stereocenters. The molecule has 2 aromatic rings. The maximum atomic E-state index is 13.2. The van der Waals surface area contributed by atoms with Crippen LogP contribution in [0.5, 0.6) is 0 Å². The summed E-state index contributed by atoms with van der Waals surface area (Å²) in [6, 6.07) is 11.6. The van der Waals surface area contributed by atoms with E-state index >= 15 is 0 Å². The third-order valence-electron chi connectivity index (χ3n) is 6.61. The van der Waals surface area contributed by atoms with Crippen LogP contribution in [0.2, 0.25) is 0 Å². The highest BCUT2D eigenvalue weighted by atomic mass is 32.2. The van der Waals surface area contributed by atoms with Gasteiger partial charge in [0.2, 0.25) is 15.9 Å². The highest BCUT2D eigenvalue weighted by Crippen LogP contribution is 2.34. The molecule has 38 heavy (non-hydrogen) atoms. The van der Waals surface area contributed by atoms with Gasteiger partial charge in [0.05, 0.1) is 11.9 Å². The van der Waals surface area contributed by atoms with Gasteiger partial charge >= 0.3 is 0 Å². The van der Waals surface area contributed by atoms with Crippen molar-refractivity contribution in [2.45, 2.75) is 39.7 Å². The van der Waals surface area contributed by atoms with E-state index in [0.29, 0.717) is 55.3 Å². The molecule has 9 nitrogen and oxygen atoms in total. The van der Waals surface area contributed by atoms with E-state index in [1.807, 2.05) is 47.4 Å². The first-order chi connectivity index (χ1) is 18.1. The van der Waals surface area contributed by atoms with Gasteiger partial charge in [-0.2, -0.15) is 0 Å². The highest BCUT2D eigenvalue weighted by Gasteiger charge is 2.27. The monoisotopic (exact) mass is 537 g/mol. The van der Waals surface area contributed by atoms with Gasteiger partial charge in [0.25, 0.3) is 5.91 Å². The minimum atomic E-state index is -3.31. The number of amides is 2. The number of carbonyl (C=O) groups excluding carboxylic acids is 2. The summed E-state index contributed by atoms with van der Waals surface area (Å²) in [5, 5.41) is 0. The maximum Gasteiger partial charge on any atom is 0.254 e. The fraction of sp³-hybridized carbons (Fsp3) is 0.393. The van der Waals surface area contributed by atoms with Crippen molar-refractivity contribution in [2.24, 2.45) is 10.7 Å². The number of hydrogen-bond donors (Lipinski definition) is 2. The normalized spacial score (nSPS) is 14.9. The molecule has 2 heterocycles. The lowest BCUT2D eigenvalue weighted by Gasteiger charge is -2.22. The van der Waals surface area contributed by atoms with Crippen LogP contribution in [0.25, 0.3) is 17.2 Å². The second-order valence-electron chi connectivity index (χ2n) is 9.78. The summed E-state index contributed by atoms with van der Waals surface area (Å²) in [7, 11) is -3.31. The number of fused-ring (bicyclic) bond motifs is 2. The van der Waals surface area contributed by atoms with Gasteiger partial charge in [-0.1, -0.05) is 32.0 Å². The van der Waals surface area contributed by atoms with Crippen molar-refractivity contribution in [3.63, 3.8) is 0 Å². The Morgan fingerprint density at radius 1 is 1.11 bits per heavy atom. The quantitative estimate of drug-likeness (QED) is 0.481. The van der Waals surface area contributed by atoms with Gasteiger partial charge in [-0.25, -0.2) is 18.1 Å². The molecule has 4 rings (SSSR count). The molecule has 10 heteroatoms. The van der Waals surface area contributed by atoms with E-state index in [9.17, 15) is 18.0 Å². The van der Waals surface area contributed by atoms with Gasteiger partial charge in [0.1, 0.15) is 5.84 Å². The Kier molecular flexibility index (Phi) is 8.32. The molecule has 2 aromatic carbocycles. The molecule has 0 spiro atoms. The van der Waals surface area contributed by atoms with Crippen LogP contribution < -0.4 is 10.5 Å². The van der Waals surface area contributed by atoms with Crippen LogP contribution in [-0.4, -0.2) is 68.3 Å². The molecule has 3 N–H and O–H groups in total. The van der Waals surface area contributed by atoms with Gasteiger partial charge < -0.3 is 15.5 Å². The van der Waals surface area contributed by atoms with Crippen molar-refractivity contribution in [1.82, 2.24) is 14.5 Å². The highest BCUT2D eigenvalue weighted by molar-refractivity contribution is 7.88. The van der Waals surface area contributed by atoms with Gasteiger partial charge in [0.15, 0.2) is 0 Å². The fourth-order valence-electron chi connectivity index (χ4n) is 4.87. The van der Waals surface area contributed by atoms with Crippen molar-refractivity contribution in [2.75, 3.05) is 32.4 Å². The number of amidine groups is 1. The lowest BCUT2D eigenvalue weighted by atomic mass is 9.98. The summed E-state index contributed by atoms with van der Waals surface area (Å²) in [4.78, 5) is 34.1. The van der Waals surface area contributed by atoms with Crippen molar-refractivity contribution >= 4 is 39.4 Å². The fourth-order valence-corrected chi connectivity index (χ4v) is 5.33. The van der Waals surface area contributed by atoms with Crippen molar-refractivity contribution in [3.8, 4) is 11.1 Å². The standard InChI is InChI=1S/C28H35N5O4S/c1-4-11-32(12-5-2)27(34)22-15-21-7-6-20(16-25(21)31-26(29)17-22)19-8-9-24-23(14-19)18-33(28(24)35)13-10-30-38(3,36)37/h6-9,14-16,30H,4-5,10-13,17-18H2,1-3H3,(H2,29,31). The van der Waals surface area contributed by atoms with E-state index < -0.39 is 10.0 Å². The Morgan fingerprint density at radius 2 is 1.79 bits per heavy atom. The summed E-state index contributed by atoms with van der Waals surface area (Å²) >= 11 is 0. The van der Waals surface area contributed by atoms with Crippen LogP contribution in [0.3, 0.4) is 0 Å². The molecule has 0 bridgehead atoms. The second kappa shape index (κ2) is 11.5. The number of nitrogens with one attached hydrogen (secondary N) is 1. The van der Waals surface area contributed by atoms with Crippen molar-refractivity contribution in [3.05, 3.63) is 58.7 Å². The molecular weight excluding hydrogens is 502 g/mol. The van der Waals surface area contributed by atoms with Crippen LogP contribution in [0, 0.1) is 0 Å². The Labute approximate surface area is 224 Å². The number of nitrogens with zero attached hydrogens (tertiary/aromatic N) is 3. The first-order valence-electron chi connectivity index (χ1n) is 12.9. The number of rotatable bonds is 10.